The summed E-state index contributed by atoms with van der Waals surface area (Å²) in [5.41, 5.74) is 4.00. The molecule has 1 atom stereocenters. The van der Waals surface area contributed by atoms with Crippen LogP contribution in [0.5, 0.6) is 0 Å². The van der Waals surface area contributed by atoms with Gasteiger partial charge in [0.2, 0.25) is 0 Å². The fourth-order valence-corrected chi connectivity index (χ4v) is 2.84. The van der Waals surface area contributed by atoms with Crippen LogP contribution in [0.3, 0.4) is 0 Å². The van der Waals surface area contributed by atoms with Crippen molar-refractivity contribution >= 4 is 22.6 Å². The maximum absolute atomic E-state index is 6.02. The van der Waals surface area contributed by atoms with Crippen molar-refractivity contribution in [3.63, 3.8) is 0 Å². The van der Waals surface area contributed by atoms with Gasteiger partial charge in [0, 0.05) is 12.1 Å². The van der Waals surface area contributed by atoms with Gasteiger partial charge in [0.1, 0.15) is 24.2 Å². The lowest BCUT2D eigenvalue weighted by Crippen LogP contribution is -2.13. The molecule has 6 nitrogen and oxygen atoms in total. The van der Waals surface area contributed by atoms with Crippen LogP contribution in [0.1, 0.15) is 17.2 Å². The highest BCUT2D eigenvalue weighted by Gasteiger charge is 2.18. The van der Waals surface area contributed by atoms with E-state index in [0.717, 1.165) is 22.2 Å². The lowest BCUT2D eigenvalue weighted by molar-refractivity contribution is 0.594. The minimum absolute atomic E-state index is 0.0888. The zero-order valence-corrected chi connectivity index (χ0v) is 13.1. The molecule has 0 saturated heterocycles. The highest BCUT2D eigenvalue weighted by Crippen LogP contribution is 2.28. The van der Waals surface area contributed by atoms with Crippen LogP contribution in [0, 0.1) is 0 Å². The van der Waals surface area contributed by atoms with Gasteiger partial charge < -0.3 is 0 Å². The van der Waals surface area contributed by atoms with Crippen LogP contribution in [0.2, 0.25) is 5.02 Å². The third-order valence-electron chi connectivity index (χ3n) is 3.84. The van der Waals surface area contributed by atoms with E-state index in [1.54, 1.807) is 11.0 Å². The Morgan fingerprint density at radius 1 is 1.04 bits per heavy atom. The van der Waals surface area contributed by atoms with Crippen LogP contribution in [-0.2, 0) is 7.05 Å². The smallest absolute Gasteiger partial charge is 0.137 e. The van der Waals surface area contributed by atoms with Gasteiger partial charge >= 0.3 is 0 Å². The summed E-state index contributed by atoms with van der Waals surface area (Å²) in [6.45, 7) is 0. The summed E-state index contributed by atoms with van der Waals surface area (Å²) in [5.74, 6) is 0. The molecule has 2 aromatic heterocycles. The predicted octanol–water partition coefficient (Wildman–Crippen LogP) is 2.85. The summed E-state index contributed by atoms with van der Waals surface area (Å²) >= 11 is 6.02. The first kappa shape index (κ1) is 13.9. The first-order chi connectivity index (χ1) is 11.2. The fraction of sp³-hybridized carbons (Fsp3) is 0.125. The standard InChI is InChI=1S/C16H13ClN6/c1-22-15-8-12(4-7-14(15)20-21-22)16(23-10-18-9-19-23)11-2-5-13(17)6-3-11/h2-10,16H,1H3/t16-/m1/s1/i1-1. The van der Waals surface area contributed by atoms with E-state index in [9.17, 15) is 0 Å². The first-order valence-electron chi connectivity index (χ1n) is 7.11. The average molecular weight is 324 g/mol. The molecule has 0 aliphatic carbocycles. The normalized spacial score (nSPS) is 12.6. The van der Waals surface area contributed by atoms with Crippen molar-refractivity contribution in [2.45, 2.75) is 6.04 Å². The number of fused-ring (bicyclic) bond motifs is 1. The van der Waals surface area contributed by atoms with Crippen molar-refractivity contribution in [1.29, 1.82) is 0 Å². The Kier molecular flexibility index (Phi) is 3.31. The van der Waals surface area contributed by atoms with Crippen molar-refractivity contribution in [1.82, 2.24) is 29.8 Å². The molecular weight excluding hydrogens is 311 g/mol. The molecule has 0 spiro atoms. The molecule has 4 aromatic rings. The molecule has 0 N–H and O–H groups in total. The van der Waals surface area contributed by atoms with Crippen LogP contribution in [0.4, 0.5) is 0 Å². The van der Waals surface area contributed by atoms with Crippen LogP contribution < -0.4 is 0 Å². The second-order valence-corrected chi connectivity index (χ2v) is 5.73. The Hall–Kier alpha value is -2.73. The summed E-state index contributed by atoms with van der Waals surface area (Å²) in [6, 6.07) is 13.8. The van der Waals surface area contributed by atoms with E-state index in [-0.39, 0.29) is 6.04 Å². The quantitative estimate of drug-likeness (QED) is 0.581. The number of halogens is 1. The van der Waals surface area contributed by atoms with Gasteiger partial charge in [-0.3, -0.25) is 0 Å². The van der Waals surface area contributed by atoms with Gasteiger partial charge in [-0.05, 0) is 35.4 Å². The van der Waals surface area contributed by atoms with Crippen LogP contribution >= 0.6 is 11.6 Å². The largest absolute Gasteiger partial charge is 0.248 e. The van der Waals surface area contributed by atoms with Gasteiger partial charge in [0.05, 0.1) is 5.52 Å². The van der Waals surface area contributed by atoms with Crippen molar-refractivity contribution in [3.8, 4) is 0 Å². The number of aryl methyl sites for hydroxylation is 1. The zero-order chi connectivity index (χ0) is 15.8. The minimum Gasteiger partial charge on any atom is -0.248 e. The molecule has 2 aromatic carbocycles. The van der Waals surface area contributed by atoms with Crippen LogP contribution in [-0.4, -0.2) is 29.8 Å². The first-order valence-corrected chi connectivity index (χ1v) is 7.49. The number of aromatic nitrogens is 6. The minimum atomic E-state index is -0.0888. The number of hydrogen-bond donors (Lipinski definition) is 0. The molecule has 7 heteroatoms. The van der Waals surface area contributed by atoms with E-state index >= 15 is 0 Å². The second kappa shape index (κ2) is 5.48. The molecule has 0 bridgehead atoms. The third kappa shape index (κ3) is 2.47. The van der Waals surface area contributed by atoms with Gasteiger partial charge in [-0.15, -0.1) is 5.10 Å². The molecule has 4 rings (SSSR count). The molecule has 0 radical (unpaired) electrons. The molecule has 23 heavy (non-hydrogen) atoms. The number of benzene rings is 2. The second-order valence-electron chi connectivity index (χ2n) is 5.29. The summed E-state index contributed by atoms with van der Waals surface area (Å²) in [7, 11) is 1.88. The maximum atomic E-state index is 6.02. The van der Waals surface area contributed by atoms with Gasteiger partial charge in [0.15, 0.2) is 0 Å². The molecule has 0 amide bonds. The molecule has 2 heterocycles. The lowest BCUT2D eigenvalue weighted by Gasteiger charge is -2.18. The van der Waals surface area contributed by atoms with E-state index in [4.69, 9.17) is 11.6 Å². The van der Waals surface area contributed by atoms with E-state index in [1.807, 2.05) is 48.1 Å². The third-order valence-corrected chi connectivity index (χ3v) is 4.09. The SMILES string of the molecule is [11CH3]n1nnc2ccc([C@@H](c3ccc(Cl)cc3)n3cncn3)cc21. The van der Waals surface area contributed by atoms with Crippen molar-refractivity contribution < 1.29 is 0 Å². The lowest BCUT2D eigenvalue weighted by atomic mass is 9.98. The monoisotopic (exact) mass is 323 g/mol. The van der Waals surface area contributed by atoms with Crippen LogP contribution in [0.25, 0.3) is 11.0 Å². The molecule has 114 valence electrons. The fourth-order valence-electron chi connectivity index (χ4n) is 2.71. The van der Waals surface area contributed by atoms with Crippen molar-refractivity contribution in [2.75, 3.05) is 0 Å². The van der Waals surface area contributed by atoms with E-state index in [1.165, 1.54) is 6.33 Å². The molecule has 0 aliphatic rings. The number of hydrogen-bond acceptors (Lipinski definition) is 4. The molecular formula is C16H13ClN6. The Morgan fingerprint density at radius 3 is 2.57 bits per heavy atom. The molecule has 0 fully saturated rings. The van der Waals surface area contributed by atoms with E-state index in [0.29, 0.717) is 5.02 Å². The Bertz CT molecular complexity index is 943. The van der Waals surface area contributed by atoms with E-state index in [2.05, 4.69) is 26.5 Å². The highest BCUT2D eigenvalue weighted by atomic mass is 35.5. The number of rotatable bonds is 3. The summed E-state index contributed by atoms with van der Waals surface area (Å²) < 4.78 is 3.59. The molecule has 0 aliphatic heterocycles. The van der Waals surface area contributed by atoms with E-state index < -0.39 is 0 Å². The topological polar surface area (TPSA) is 61.4 Å². The molecule has 0 saturated carbocycles. The predicted molar refractivity (Wildman–Crippen MR) is 87.2 cm³/mol. The average Bonchev–Trinajstić information content (AvgIpc) is 3.21. The maximum Gasteiger partial charge on any atom is 0.137 e. The van der Waals surface area contributed by atoms with Crippen molar-refractivity contribution in [2.24, 2.45) is 7.05 Å². The zero-order valence-electron chi connectivity index (χ0n) is 12.3. The number of nitrogens with zero attached hydrogens (tertiary/aromatic N) is 6. The van der Waals surface area contributed by atoms with Gasteiger partial charge in [-0.25, -0.2) is 14.3 Å². The Labute approximate surface area is 137 Å². The van der Waals surface area contributed by atoms with Gasteiger partial charge in [-0.2, -0.15) is 5.10 Å². The summed E-state index contributed by atoms with van der Waals surface area (Å²) in [4.78, 5) is 4.08. The Morgan fingerprint density at radius 2 is 1.83 bits per heavy atom. The molecule has 0 unspecified atom stereocenters. The summed E-state index contributed by atoms with van der Waals surface area (Å²) in [6.07, 6.45) is 3.25. The summed E-state index contributed by atoms with van der Waals surface area (Å²) in [5, 5.41) is 13.2. The highest BCUT2D eigenvalue weighted by molar-refractivity contribution is 6.30. The van der Waals surface area contributed by atoms with Crippen LogP contribution in [0.15, 0.2) is 55.1 Å². The van der Waals surface area contributed by atoms with Gasteiger partial charge in [0.25, 0.3) is 0 Å². The van der Waals surface area contributed by atoms with Crippen molar-refractivity contribution in [3.05, 3.63) is 71.3 Å². The van der Waals surface area contributed by atoms with Gasteiger partial charge in [-0.1, -0.05) is 35.0 Å². The Balaban J connectivity index is 1.89.